The highest BCUT2D eigenvalue weighted by Crippen LogP contribution is 2.28. The number of hydrogen-bond donors (Lipinski definition) is 1. The third kappa shape index (κ3) is 4.52. The van der Waals surface area contributed by atoms with Gasteiger partial charge in [-0.3, -0.25) is 4.79 Å². The van der Waals surface area contributed by atoms with Crippen molar-refractivity contribution >= 4 is 5.91 Å². The predicted molar refractivity (Wildman–Crippen MR) is 103 cm³/mol. The van der Waals surface area contributed by atoms with Crippen LogP contribution in [0.1, 0.15) is 50.7 Å². The van der Waals surface area contributed by atoms with Gasteiger partial charge in [-0.2, -0.15) is 0 Å². The van der Waals surface area contributed by atoms with E-state index in [0.717, 1.165) is 74.9 Å². The van der Waals surface area contributed by atoms with E-state index in [9.17, 15) is 4.79 Å². The number of rotatable bonds is 8. The van der Waals surface area contributed by atoms with Crippen molar-refractivity contribution in [2.45, 2.75) is 56.9 Å². The molecule has 1 heterocycles. The maximum atomic E-state index is 12.5. The van der Waals surface area contributed by atoms with E-state index in [1.807, 2.05) is 48.3 Å². The van der Waals surface area contributed by atoms with Gasteiger partial charge in [-0.1, -0.05) is 54.8 Å². The largest absolute Gasteiger partial charge is 0.361 e. The highest BCUT2D eigenvalue weighted by Gasteiger charge is 2.38. The Hall–Kier alpha value is -2.14. The summed E-state index contributed by atoms with van der Waals surface area (Å²) in [5, 5.41) is 4.15. The Balaban J connectivity index is 1.37. The summed E-state index contributed by atoms with van der Waals surface area (Å²) in [6, 6.07) is 12.1. The van der Waals surface area contributed by atoms with E-state index in [0.29, 0.717) is 0 Å². The number of aromatic nitrogens is 1. The van der Waals surface area contributed by atoms with Crippen molar-refractivity contribution in [2.24, 2.45) is 5.73 Å². The number of likely N-dealkylation sites (N-methyl/N-ethyl adjacent to an activating group) is 1. The molecule has 1 aromatic heterocycles. The van der Waals surface area contributed by atoms with E-state index in [1.165, 1.54) is 0 Å². The van der Waals surface area contributed by atoms with E-state index in [4.69, 9.17) is 10.3 Å². The minimum Gasteiger partial charge on any atom is -0.361 e. The molecule has 2 aromatic rings. The topological polar surface area (TPSA) is 72.4 Å². The summed E-state index contributed by atoms with van der Waals surface area (Å²) in [6.45, 7) is 0.767. The molecule has 0 unspecified atom stereocenters. The van der Waals surface area contributed by atoms with Crippen LogP contribution < -0.4 is 5.73 Å². The second-order valence-corrected chi connectivity index (χ2v) is 7.45. The van der Waals surface area contributed by atoms with Gasteiger partial charge >= 0.3 is 0 Å². The first-order valence-corrected chi connectivity index (χ1v) is 9.64. The molecule has 0 bridgehead atoms. The third-order valence-electron chi connectivity index (χ3n) is 5.31. The molecule has 0 radical (unpaired) electrons. The van der Waals surface area contributed by atoms with Crippen LogP contribution in [0.3, 0.4) is 0 Å². The van der Waals surface area contributed by atoms with E-state index < -0.39 is 5.54 Å². The van der Waals surface area contributed by atoms with E-state index in [2.05, 4.69) is 5.16 Å². The number of nitrogens with zero attached hydrogens (tertiary/aromatic N) is 2. The normalized spacial score (nSPS) is 15.9. The summed E-state index contributed by atoms with van der Waals surface area (Å²) in [7, 11) is 1.87. The van der Waals surface area contributed by atoms with Crippen molar-refractivity contribution in [1.82, 2.24) is 10.1 Å². The van der Waals surface area contributed by atoms with Crippen LogP contribution in [0.2, 0.25) is 0 Å². The molecule has 0 aliphatic heterocycles. The Kier molecular flexibility index (Phi) is 6.09. The van der Waals surface area contributed by atoms with Crippen LogP contribution in [-0.2, 0) is 11.2 Å². The lowest BCUT2D eigenvalue weighted by molar-refractivity contribution is -0.135. The molecule has 5 nitrogen and oxygen atoms in total. The fraction of sp³-hybridized carbons (Fsp3) is 0.524. The average Bonchev–Trinajstić information content (AvgIpc) is 3.31. The molecule has 26 heavy (non-hydrogen) atoms. The SMILES string of the molecule is CN(CCCCCc1cc(-c2ccccc2)no1)C(=O)C1(N)CCCC1. The molecule has 0 saturated heterocycles. The van der Waals surface area contributed by atoms with Crippen molar-refractivity contribution in [2.75, 3.05) is 13.6 Å². The number of benzene rings is 1. The second kappa shape index (κ2) is 8.49. The first-order valence-electron chi connectivity index (χ1n) is 9.64. The van der Waals surface area contributed by atoms with E-state index in [-0.39, 0.29) is 5.91 Å². The molecule has 1 amide bonds. The molecule has 1 aromatic carbocycles. The van der Waals surface area contributed by atoms with Crippen molar-refractivity contribution < 1.29 is 9.32 Å². The second-order valence-electron chi connectivity index (χ2n) is 7.45. The number of amides is 1. The molecule has 0 atom stereocenters. The summed E-state index contributed by atoms with van der Waals surface area (Å²) >= 11 is 0. The zero-order valence-electron chi connectivity index (χ0n) is 15.6. The molecule has 140 valence electrons. The molecule has 1 aliphatic carbocycles. The fourth-order valence-electron chi connectivity index (χ4n) is 3.70. The summed E-state index contributed by atoms with van der Waals surface area (Å²) in [6.07, 6.45) is 7.72. The standard InChI is InChI=1S/C21H29N3O2/c1-24(20(25)21(22)13-7-8-14-21)15-9-3-6-12-18-16-19(23-26-18)17-10-4-2-5-11-17/h2,4-5,10-11,16H,3,6-9,12-15,22H2,1H3. The minimum atomic E-state index is -0.609. The lowest BCUT2D eigenvalue weighted by Gasteiger charge is -2.28. The van der Waals surface area contributed by atoms with Crippen molar-refractivity contribution in [3.05, 3.63) is 42.2 Å². The smallest absolute Gasteiger partial charge is 0.242 e. The Labute approximate surface area is 155 Å². The summed E-state index contributed by atoms with van der Waals surface area (Å²) < 4.78 is 5.43. The third-order valence-corrected chi connectivity index (χ3v) is 5.31. The van der Waals surface area contributed by atoms with Gasteiger partial charge < -0.3 is 15.2 Å². The van der Waals surface area contributed by atoms with Gasteiger partial charge in [0.25, 0.3) is 0 Å². The predicted octanol–water partition coefficient (Wildman–Crippen LogP) is 3.78. The molecule has 3 rings (SSSR count). The molecule has 2 N–H and O–H groups in total. The lowest BCUT2D eigenvalue weighted by Crippen LogP contribution is -2.52. The number of carbonyl (C=O) groups excluding carboxylic acids is 1. The van der Waals surface area contributed by atoms with Gasteiger partial charge in [0, 0.05) is 31.6 Å². The molecular formula is C21H29N3O2. The number of hydrogen-bond acceptors (Lipinski definition) is 4. The van der Waals surface area contributed by atoms with Gasteiger partial charge in [0.1, 0.15) is 11.5 Å². The Morgan fingerprint density at radius 3 is 2.65 bits per heavy atom. The van der Waals surface area contributed by atoms with E-state index >= 15 is 0 Å². The highest BCUT2D eigenvalue weighted by atomic mass is 16.5. The zero-order valence-corrected chi connectivity index (χ0v) is 15.6. The molecular weight excluding hydrogens is 326 g/mol. The first-order chi connectivity index (χ1) is 12.6. The molecule has 0 spiro atoms. The van der Waals surface area contributed by atoms with Gasteiger partial charge in [-0.05, 0) is 25.7 Å². The monoisotopic (exact) mass is 355 g/mol. The van der Waals surface area contributed by atoms with Crippen molar-refractivity contribution in [1.29, 1.82) is 0 Å². The highest BCUT2D eigenvalue weighted by molar-refractivity contribution is 5.86. The van der Waals surface area contributed by atoms with Gasteiger partial charge in [0.15, 0.2) is 0 Å². The first kappa shape index (κ1) is 18.6. The summed E-state index contributed by atoms with van der Waals surface area (Å²) in [5.74, 6) is 1.03. The van der Waals surface area contributed by atoms with Crippen LogP contribution in [0.25, 0.3) is 11.3 Å². The molecule has 1 aliphatic rings. The van der Waals surface area contributed by atoms with Crippen molar-refractivity contribution in [3.8, 4) is 11.3 Å². The van der Waals surface area contributed by atoms with Crippen LogP contribution >= 0.6 is 0 Å². The number of carbonyl (C=O) groups is 1. The molecule has 1 fully saturated rings. The Bertz CT molecular complexity index is 705. The number of unbranched alkanes of at least 4 members (excludes halogenated alkanes) is 2. The van der Waals surface area contributed by atoms with Crippen molar-refractivity contribution in [3.63, 3.8) is 0 Å². The van der Waals surface area contributed by atoms with Crippen LogP contribution in [0.15, 0.2) is 40.9 Å². The van der Waals surface area contributed by atoms with Crippen LogP contribution in [0.5, 0.6) is 0 Å². The number of nitrogens with two attached hydrogens (primary N) is 1. The zero-order chi connectivity index (χ0) is 18.4. The lowest BCUT2D eigenvalue weighted by atomic mass is 9.97. The summed E-state index contributed by atoms with van der Waals surface area (Å²) in [5.41, 5.74) is 7.60. The van der Waals surface area contributed by atoms with Gasteiger partial charge in [-0.15, -0.1) is 0 Å². The number of aryl methyl sites for hydroxylation is 1. The van der Waals surface area contributed by atoms with Crippen LogP contribution in [0.4, 0.5) is 0 Å². The van der Waals surface area contributed by atoms with Gasteiger partial charge in [0.05, 0.1) is 5.54 Å². The van der Waals surface area contributed by atoms with Crippen LogP contribution in [0, 0.1) is 0 Å². The van der Waals surface area contributed by atoms with Gasteiger partial charge in [-0.25, -0.2) is 0 Å². The maximum Gasteiger partial charge on any atom is 0.242 e. The fourth-order valence-corrected chi connectivity index (χ4v) is 3.70. The quantitative estimate of drug-likeness (QED) is 0.731. The molecule has 1 saturated carbocycles. The maximum absolute atomic E-state index is 12.5. The minimum absolute atomic E-state index is 0.109. The van der Waals surface area contributed by atoms with Crippen LogP contribution in [-0.4, -0.2) is 35.1 Å². The van der Waals surface area contributed by atoms with E-state index in [1.54, 1.807) is 0 Å². The Morgan fingerprint density at radius 2 is 1.92 bits per heavy atom. The average molecular weight is 355 g/mol. The molecule has 5 heteroatoms. The summed E-state index contributed by atoms with van der Waals surface area (Å²) in [4.78, 5) is 14.3. The Morgan fingerprint density at radius 1 is 1.19 bits per heavy atom. The van der Waals surface area contributed by atoms with Gasteiger partial charge in [0.2, 0.25) is 5.91 Å².